The Bertz CT molecular complexity index is 475. The van der Waals surface area contributed by atoms with Crippen molar-refractivity contribution in [3.8, 4) is 0 Å². The van der Waals surface area contributed by atoms with Crippen LogP contribution in [0.2, 0.25) is 0 Å². The number of hydrogen-bond acceptors (Lipinski definition) is 3. The number of nitrogen functional groups attached to an aromatic ring is 1. The van der Waals surface area contributed by atoms with Gasteiger partial charge in [0.25, 0.3) is 5.91 Å². The number of amides is 2. The average Bonchev–Trinajstić information content (AvgIpc) is 2.28. The number of nitrogens with one attached hydrogen (secondary N) is 1. The van der Waals surface area contributed by atoms with Crippen LogP contribution in [-0.4, -0.2) is 18.4 Å². The monoisotopic (exact) mass is 253 g/mol. The molecule has 5 nitrogen and oxygen atoms in total. The highest BCUT2D eigenvalue weighted by Gasteiger charge is 2.14. The largest absolute Gasteiger partial charge is 0.399 e. The van der Waals surface area contributed by atoms with Gasteiger partial charge in [-0.15, -0.1) is 0 Å². The molecule has 5 N–H and O–H groups in total. The van der Waals surface area contributed by atoms with Gasteiger partial charge in [0, 0.05) is 18.7 Å². The van der Waals surface area contributed by atoms with E-state index in [0.29, 0.717) is 17.7 Å². The predicted octanol–water partition coefficient (Wildman–Crippen LogP) is 0.712. The summed E-state index contributed by atoms with van der Waals surface area (Å²) >= 11 is 0. The van der Waals surface area contributed by atoms with E-state index in [1.54, 1.807) is 0 Å². The van der Waals surface area contributed by atoms with Gasteiger partial charge >= 0.3 is 0 Å². The third kappa shape index (κ3) is 3.73. The van der Waals surface area contributed by atoms with Crippen LogP contribution in [0.4, 0.5) is 10.1 Å². The predicted molar refractivity (Wildman–Crippen MR) is 66.3 cm³/mol. The van der Waals surface area contributed by atoms with E-state index in [1.807, 2.05) is 0 Å². The van der Waals surface area contributed by atoms with Crippen LogP contribution in [0.1, 0.15) is 28.8 Å². The number of primary amides is 1. The fourth-order valence-corrected chi connectivity index (χ4v) is 1.52. The van der Waals surface area contributed by atoms with Gasteiger partial charge in [0.1, 0.15) is 5.82 Å². The van der Waals surface area contributed by atoms with Gasteiger partial charge in [0.2, 0.25) is 5.91 Å². The van der Waals surface area contributed by atoms with Crippen LogP contribution < -0.4 is 16.8 Å². The highest BCUT2D eigenvalue weighted by atomic mass is 19.1. The van der Waals surface area contributed by atoms with E-state index >= 15 is 0 Å². The minimum Gasteiger partial charge on any atom is -0.399 e. The molecule has 98 valence electrons. The van der Waals surface area contributed by atoms with Gasteiger partial charge in [-0.05, 0) is 31.0 Å². The number of nitrogens with two attached hydrogens (primary N) is 2. The van der Waals surface area contributed by atoms with Crippen LogP contribution in [0.5, 0.6) is 0 Å². The topological polar surface area (TPSA) is 98.2 Å². The Kier molecular flexibility index (Phi) is 4.65. The molecule has 0 saturated carbocycles. The second-order valence-electron chi connectivity index (χ2n) is 4.03. The molecule has 0 aliphatic carbocycles. The quantitative estimate of drug-likeness (QED) is 0.532. The lowest BCUT2D eigenvalue weighted by Gasteiger charge is -2.08. The normalized spacial score (nSPS) is 10.1. The molecular formula is C12H16FN3O2. The number of halogens is 1. The Morgan fingerprint density at radius 3 is 2.67 bits per heavy atom. The van der Waals surface area contributed by atoms with Gasteiger partial charge in [-0.1, -0.05) is 0 Å². The van der Waals surface area contributed by atoms with Crippen molar-refractivity contribution in [3.63, 3.8) is 0 Å². The van der Waals surface area contributed by atoms with Crippen molar-refractivity contribution >= 4 is 17.5 Å². The Morgan fingerprint density at radius 2 is 2.06 bits per heavy atom. The molecule has 0 aliphatic rings. The molecule has 0 fully saturated rings. The standard InChI is InChI=1S/C12H16FN3O2/c1-7-5-8(14)6-9(11(7)13)12(18)16-4-2-3-10(15)17/h5-6H,2-4,14H2,1H3,(H2,15,17)(H,16,18). The molecule has 0 saturated heterocycles. The van der Waals surface area contributed by atoms with Crippen LogP contribution in [0.3, 0.4) is 0 Å². The van der Waals surface area contributed by atoms with Crippen molar-refractivity contribution in [1.29, 1.82) is 0 Å². The molecule has 0 spiro atoms. The number of carbonyl (C=O) groups excluding carboxylic acids is 2. The summed E-state index contributed by atoms with van der Waals surface area (Å²) in [7, 11) is 0. The summed E-state index contributed by atoms with van der Waals surface area (Å²) in [6.45, 7) is 1.80. The molecule has 0 radical (unpaired) electrons. The fraction of sp³-hybridized carbons (Fsp3) is 0.333. The van der Waals surface area contributed by atoms with Gasteiger partial charge in [-0.3, -0.25) is 9.59 Å². The first-order chi connectivity index (χ1) is 8.41. The summed E-state index contributed by atoms with van der Waals surface area (Å²) in [6, 6.07) is 2.74. The van der Waals surface area contributed by atoms with E-state index < -0.39 is 17.6 Å². The first-order valence-electron chi connectivity index (χ1n) is 5.54. The lowest BCUT2D eigenvalue weighted by atomic mass is 10.1. The third-order valence-electron chi connectivity index (χ3n) is 2.41. The van der Waals surface area contributed by atoms with Gasteiger partial charge < -0.3 is 16.8 Å². The minimum atomic E-state index is -0.586. The number of anilines is 1. The molecular weight excluding hydrogens is 237 g/mol. The Morgan fingerprint density at radius 1 is 1.39 bits per heavy atom. The summed E-state index contributed by atoms with van der Waals surface area (Å²) in [5, 5.41) is 2.51. The highest BCUT2D eigenvalue weighted by molar-refractivity contribution is 5.95. The number of hydrogen-bond donors (Lipinski definition) is 3. The molecule has 0 heterocycles. The molecule has 1 aromatic carbocycles. The van der Waals surface area contributed by atoms with Gasteiger partial charge in [0.15, 0.2) is 0 Å². The molecule has 18 heavy (non-hydrogen) atoms. The smallest absolute Gasteiger partial charge is 0.254 e. The number of rotatable bonds is 5. The number of carbonyl (C=O) groups is 2. The lowest BCUT2D eigenvalue weighted by molar-refractivity contribution is -0.118. The van der Waals surface area contributed by atoms with E-state index in [2.05, 4.69) is 5.32 Å². The van der Waals surface area contributed by atoms with E-state index in [9.17, 15) is 14.0 Å². The molecule has 0 atom stereocenters. The third-order valence-corrected chi connectivity index (χ3v) is 2.41. The first-order valence-corrected chi connectivity index (χ1v) is 5.54. The summed E-state index contributed by atoms with van der Waals surface area (Å²) < 4.78 is 13.7. The van der Waals surface area contributed by atoms with Gasteiger partial charge in [-0.25, -0.2) is 4.39 Å². The fourth-order valence-electron chi connectivity index (χ4n) is 1.52. The Balaban J connectivity index is 2.64. The van der Waals surface area contributed by atoms with Crippen molar-refractivity contribution in [2.45, 2.75) is 19.8 Å². The zero-order valence-corrected chi connectivity index (χ0v) is 10.1. The zero-order chi connectivity index (χ0) is 13.7. The molecule has 1 rings (SSSR count). The first kappa shape index (κ1) is 14.0. The van der Waals surface area contributed by atoms with E-state index in [0.717, 1.165) is 0 Å². The second kappa shape index (κ2) is 6.00. The van der Waals surface area contributed by atoms with Crippen LogP contribution in [0, 0.1) is 12.7 Å². The van der Waals surface area contributed by atoms with E-state index in [1.165, 1.54) is 19.1 Å². The molecule has 2 amide bonds. The average molecular weight is 253 g/mol. The van der Waals surface area contributed by atoms with Crippen LogP contribution in [0.25, 0.3) is 0 Å². The lowest BCUT2D eigenvalue weighted by Crippen LogP contribution is -2.26. The van der Waals surface area contributed by atoms with Crippen LogP contribution in [0.15, 0.2) is 12.1 Å². The maximum Gasteiger partial charge on any atom is 0.254 e. The van der Waals surface area contributed by atoms with E-state index in [-0.39, 0.29) is 18.5 Å². The SMILES string of the molecule is Cc1cc(N)cc(C(=O)NCCCC(N)=O)c1F. The molecule has 6 heteroatoms. The molecule has 0 aliphatic heterocycles. The molecule has 0 unspecified atom stereocenters. The number of aryl methyl sites for hydroxylation is 1. The second-order valence-corrected chi connectivity index (χ2v) is 4.03. The summed E-state index contributed by atoms with van der Waals surface area (Å²) in [6.07, 6.45) is 0.600. The minimum absolute atomic E-state index is 0.0911. The molecule has 0 bridgehead atoms. The van der Waals surface area contributed by atoms with Crippen molar-refractivity contribution in [1.82, 2.24) is 5.32 Å². The summed E-state index contributed by atoms with van der Waals surface area (Å²) in [5.74, 6) is -1.57. The van der Waals surface area contributed by atoms with Gasteiger partial charge in [-0.2, -0.15) is 0 Å². The Labute approximate surface area is 104 Å². The summed E-state index contributed by atoms with van der Waals surface area (Å²) in [4.78, 5) is 22.2. The Hall–Kier alpha value is -2.11. The van der Waals surface area contributed by atoms with Crippen molar-refractivity contribution in [3.05, 3.63) is 29.1 Å². The maximum absolute atomic E-state index is 13.7. The molecule has 1 aromatic rings. The summed E-state index contributed by atoms with van der Waals surface area (Å²) in [5.41, 5.74) is 11.1. The zero-order valence-electron chi connectivity index (χ0n) is 10.1. The molecule has 0 aromatic heterocycles. The van der Waals surface area contributed by atoms with Crippen molar-refractivity contribution in [2.24, 2.45) is 5.73 Å². The highest BCUT2D eigenvalue weighted by Crippen LogP contribution is 2.16. The number of benzene rings is 1. The maximum atomic E-state index is 13.7. The van der Waals surface area contributed by atoms with E-state index in [4.69, 9.17) is 11.5 Å². The van der Waals surface area contributed by atoms with Crippen molar-refractivity contribution in [2.75, 3.05) is 12.3 Å². The van der Waals surface area contributed by atoms with Crippen LogP contribution >= 0.6 is 0 Å². The van der Waals surface area contributed by atoms with Crippen molar-refractivity contribution < 1.29 is 14.0 Å². The van der Waals surface area contributed by atoms with Gasteiger partial charge in [0.05, 0.1) is 5.56 Å². The van der Waals surface area contributed by atoms with Crippen LogP contribution in [-0.2, 0) is 4.79 Å².